The maximum atomic E-state index is 12.5. The number of hydrogen-bond acceptors (Lipinski definition) is 3. The summed E-state index contributed by atoms with van der Waals surface area (Å²) in [5, 5.41) is 11.6. The van der Waals surface area contributed by atoms with Gasteiger partial charge in [0.1, 0.15) is 0 Å². The van der Waals surface area contributed by atoms with Crippen molar-refractivity contribution in [3.63, 3.8) is 0 Å². The fourth-order valence-corrected chi connectivity index (χ4v) is 3.05. The zero-order valence-corrected chi connectivity index (χ0v) is 14.2. The van der Waals surface area contributed by atoms with Crippen molar-refractivity contribution >= 4 is 17.1 Å². The van der Waals surface area contributed by atoms with E-state index in [2.05, 4.69) is 15.3 Å². The molecule has 2 aromatic carbocycles. The largest absolute Gasteiger partial charge is 0.465 e. The molecule has 0 fully saturated rings. The highest BCUT2D eigenvalue weighted by Gasteiger charge is 2.15. The summed E-state index contributed by atoms with van der Waals surface area (Å²) in [6, 6.07) is 17.1. The van der Waals surface area contributed by atoms with E-state index in [0.29, 0.717) is 11.0 Å². The van der Waals surface area contributed by atoms with Crippen molar-refractivity contribution < 1.29 is 9.90 Å². The summed E-state index contributed by atoms with van der Waals surface area (Å²) in [5.74, 6) is 0. The molecule has 0 atom stereocenters. The average Bonchev–Trinajstić information content (AvgIpc) is 3.08. The Morgan fingerprint density at radius 3 is 2.56 bits per heavy atom. The maximum Gasteiger partial charge on any atom is 0.404 e. The number of aromatic amines is 1. The first kappa shape index (κ1) is 16.6. The Morgan fingerprint density at radius 1 is 1.11 bits per heavy atom. The van der Waals surface area contributed by atoms with Gasteiger partial charge in [-0.2, -0.15) is 0 Å². The molecule has 3 N–H and O–H groups in total. The van der Waals surface area contributed by atoms with Crippen molar-refractivity contribution in [2.24, 2.45) is 0 Å². The van der Waals surface area contributed by atoms with Crippen LogP contribution in [0.25, 0.3) is 27.8 Å². The number of nitrogens with zero attached hydrogens (tertiary/aromatic N) is 2. The molecular formula is C20H16N4O3. The van der Waals surface area contributed by atoms with Crippen molar-refractivity contribution in [2.45, 2.75) is 6.54 Å². The van der Waals surface area contributed by atoms with E-state index in [1.807, 2.05) is 65.4 Å². The lowest BCUT2D eigenvalue weighted by Crippen LogP contribution is -2.19. The number of carbonyl (C=O) groups is 1. The number of fused-ring (bicyclic) bond motifs is 1. The van der Waals surface area contributed by atoms with Crippen LogP contribution in [0.4, 0.5) is 4.79 Å². The second kappa shape index (κ2) is 6.80. The minimum Gasteiger partial charge on any atom is -0.465 e. The normalized spacial score (nSPS) is 10.8. The molecule has 0 saturated heterocycles. The molecule has 0 unspecified atom stereocenters. The standard InChI is InChI=1S/C20H16N4O3/c25-19-17-16(14-8-6-13(7-9-14)10-21-20(26)27)11-24(18(17)22-12-23-19)15-4-2-1-3-5-15/h1-9,11-12,21H,10H2,(H,26,27)(H,22,23,25). The second-order valence-corrected chi connectivity index (χ2v) is 6.03. The molecule has 1 amide bonds. The predicted octanol–water partition coefficient (Wildman–Crippen LogP) is 3.15. The third kappa shape index (κ3) is 3.18. The van der Waals surface area contributed by atoms with Gasteiger partial charge < -0.3 is 20.0 Å². The summed E-state index contributed by atoms with van der Waals surface area (Å²) in [5.41, 5.74) is 3.74. The van der Waals surface area contributed by atoms with Crippen LogP contribution in [-0.2, 0) is 6.54 Å². The van der Waals surface area contributed by atoms with Gasteiger partial charge in [0.2, 0.25) is 0 Å². The molecule has 4 aromatic rings. The van der Waals surface area contributed by atoms with E-state index in [4.69, 9.17) is 5.11 Å². The van der Waals surface area contributed by atoms with Crippen molar-refractivity contribution in [2.75, 3.05) is 0 Å². The Bertz CT molecular complexity index is 1160. The lowest BCUT2D eigenvalue weighted by atomic mass is 10.0. The Balaban J connectivity index is 1.83. The molecule has 134 valence electrons. The van der Waals surface area contributed by atoms with E-state index in [9.17, 15) is 9.59 Å². The van der Waals surface area contributed by atoms with Crippen LogP contribution < -0.4 is 10.9 Å². The Morgan fingerprint density at radius 2 is 1.85 bits per heavy atom. The molecule has 0 saturated carbocycles. The molecule has 2 heterocycles. The van der Waals surface area contributed by atoms with Crippen molar-refractivity contribution in [3.8, 4) is 16.8 Å². The van der Waals surface area contributed by atoms with E-state index in [1.165, 1.54) is 6.33 Å². The predicted molar refractivity (Wildman–Crippen MR) is 102 cm³/mol. The summed E-state index contributed by atoms with van der Waals surface area (Å²) in [7, 11) is 0. The van der Waals surface area contributed by atoms with Crippen molar-refractivity contribution in [1.29, 1.82) is 0 Å². The molecule has 7 heteroatoms. The van der Waals surface area contributed by atoms with Crippen LogP contribution in [0.5, 0.6) is 0 Å². The van der Waals surface area contributed by atoms with Crippen LogP contribution in [0, 0.1) is 0 Å². The van der Waals surface area contributed by atoms with E-state index < -0.39 is 6.09 Å². The molecule has 4 rings (SSSR count). The second-order valence-electron chi connectivity index (χ2n) is 6.03. The zero-order chi connectivity index (χ0) is 18.8. The van der Waals surface area contributed by atoms with Gasteiger partial charge in [0, 0.05) is 24.0 Å². The van der Waals surface area contributed by atoms with Gasteiger partial charge in [-0.15, -0.1) is 0 Å². The minimum atomic E-state index is -1.07. The summed E-state index contributed by atoms with van der Waals surface area (Å²) >= 11 is 0. The van der Waals surface area contributed by atoms with Gasteiger partial charge in [0.05, 0.1) is 11.7 Å². The molecule has 0 aliphatic rings. The number of carboxylic acid groups (broad SMARTS) is 1. The molecule has 27 heavy (non-hydrogen) atoms. The summed E-state index contributed by atoms with van der Waals surface area (Å²) < 4.78 is 1.89. The highest BCUT2D eigenvalue weighted by molar-refractivity contribution is 5.94. The van der Waals surface area contributed by atoms with Crippen LogP contribution in [0.2, 0.25) is 0 Å². The molecule has 2 aromatic heterocycles. The Labute approximate surface area is 153 Å². The van der Waals surface area contributed by atoms with Crippen LogP contribution in [0.1, 0.15) is 5.56 Å². The smallest absolute Gasteiger partial charge is 0.404 e. The molecule has 7 nitrogen and oxygen atoms in total. The van der Waals surface area contributed by atoms with Gasteiger partial charge in [-0.05, 0) is 23.3 Å². The van der Waals surface area contributed by atoms with Crippen molar-refractivity contribution in [1.82, 2.24) is 19.9 Å². The van der Waals surface area contributed by atoms with Gasteiger partial charge in [0.15, 0.2) is 5.65 Å². The highest BCUT2D eigenvalue weighted by Crippen LogP contribution is 2.29. The number of rotatable bonds is 4. The summed E-state index contributed by atoms with van der Waals surface area (Å²) in [4.78, 5) is 30.1. The number of hydrogen-bond donors (Lipinski definition) is 3. The number of nitrogens with one attached hydrogen (secondary N) is 2. The molecule has 0 aliphatic heterocycles. The van der Waals surface area contributed by atoms with Crippen molar-refractivity contribution in [3.05, 3.63) is 83.0 Å². The Kier molecular flexibility index (Phi) is 4.18. The van der Waals surface area contributed by atoms with Crippen LogP contribution in [0.15, 0.2) is 71.9 Å². The number of H-pyrrole nitrogens is 1. The van der Waals surface area contributed by atoms with Gasteiger partial charge in [-0.3, -0.25) is 4.79 Å². The maximum absolute atomic E-state index is 12.5. The highest BCUT2D eigenvalue weighted by atomic mass is 16.4. The lowest BCUT2D eigenvalue weighted by molar-refractivity contribution is 0.194. The molecule has 0 radical (unpaired) electrons. The topological polar surface area (TPSA) is 100 Å². The van der Waals surface area contributed by atoms with Gasteiger partial charge >= 0.3 is 6.09 Å². The first-order valence-electron chi connectivity index (χ1n) is 8.34. The quantitative estimate of drug-likeness (QED) is 0.520. The lowest BCUT2D eigenvalue weighted by Gasteiger charge is -2.04. The molecule has 0 spiro atoms. The van der Waals surface area contributed by atoms with E-state index in [-0.39, 0.29) is 12.1 Å². The number of benzene rings is 2. The van der Waals surface area contributed by atoms with Crippen LogP contribution in [0.3, 0.4) is 0 Å². The first-order chi connectivity index (χ1) is 13.1. The van der Waals surface area contributed by atoms with E-state index >= 15 is 0 Å². The third-order valence-corrected chi connectivity index (χ3v) is 4.33. The summed E-state index contributed by atoms with van der Waals surface area (Å²) in [6.07, 6.45) is 2.23. The number of amides is 1. The number of aromatic nitrogens is 3. The van der Waals surface area contributed by atoms with Crippen LogP contribution >= 0.6 is 0 Å². The zero-order valence-electron chi connectivity index (χ0n) is 14.2. The molecular weight excluding hydrogens is 344 g/mol. The fourth-order valence-electron chi connectivity index (χ4n) is 3.05. The Hall–Kier alpha value is -3.87. The van der Waals surface area contributed by atoms with Gasteiger partial charge in [-0.1, -0.05) is 42.5 Å². The molecule has 0 aliphatic carbocycles. The summed E-state index contributed by atoms with van der Waals surface area (Å²) in [6.45, 7) is 0.226. The van der Waals surface area contributed by atoms with Gasteiger partial charge in [0.25, 0.3) is 5.56 Å². The average molecular weight is 360 g/mol. The van der Waals surface area contributed by atoms with E-state index in [0.717, 1.165) is 22.4 Å². The van der Waals surface area contributed by atoms with Gasteiger partial charge in [-0.25, -0.2) is 9.78 Å². The van der Waals surface area contributed by atoms with E-state index in [1.54, 1.807) is 0 Å². The number of para-hydroxylation sites is 1. The SMILES string of the molecule is O=C(O)NCc1ccc(-c2cn(-c3ccccc3)c3nc[nH]c(=O)c23)cc1. The molecule has 0 bridgehead atoms. The minimum absolute atomic E-state index is 0.207. The van der Waals surface area contributed by atoms with Crippen LogP contribution in [-0.4, -0.2) is 25.7 Å². The monoisotopic (exact) mass is 360 g/mol. The third-order valence-electron chi connectivity index (χ3n) is 4.33. The fraction of sp³-hybridized carbons (Fsp3) is 0.0500. The first-order valence-corrected chi connectivity index (χ1v) is 8.34.